The van der Waals surface area contributed by atoms with Crippen molar-refractivity contribution in [2.24, 2.45) is 0 Å². The van der Waals surface area contributed by atoms with Crippen LogP contribution in [-0.4, -0.2) is 34.9 Å². The molecule has 0 aliphatic carbocycles. The number of carbonyl (C=O) groups excluding carboxylic acids is 1. The van der Waals surface area contributed by atoms with Crippen molar-refractivity contribution in [3.63, 3.8) is 0 Å². The zero-order valence-corrected chi connectivity index (χ0v) is 11.2. The van der Waals surface area contributed by atoms with Gasteiger partial charge >= 0.3 is 0 Å². The summed E-state index contributed by atoms with van der Waals surface area (Å²) in [7, 11) is 0. The third-order valence-electron chi connectivity index (χ3n) is 3.43. The van der Waals surface area contributed by atoms with Crippen LogP contribution in [0.25, 0.3) is 0 Å². The van der Waals surface area contributed by atoms with Crippen LogP contribution in [0, 0.1) is 13.8 Å². The first kappa shape index (κ1) is 14.7. The maximum atomic E-state index is 12.1. The Morgan fingerprint density at radius 2 is 1.83 bits per heavy atom. The van der Waals surface area contributed by atoms with Crippen molar-refractivity contribution in [2.75, 3.05) is 13.2 Å². The Morgan fingerprint density at radius 1 is 1.22 bits per heavy atom. The van der Waals surface area contributed by atoms with E-state index in [2.05, 4.69) is 5.32 Å². The summed E-state index contributed by atoms with van der Waals surface area (Å²) in [5.41, 5.74) is 1.75. The second kappa shape index (κ2) is 5.98. The summed E-state index contributed by atoms with van der Waals surface area (Å²) in [5, 5.41) is 21.3. The molecule has 0 aromatic heterocycles. The van der Waals surface area contributed by atoms with E-state index in [1.807, 2.05) is 26.8 Å². The van der Waals surface area contributed by atoms with Crippen molar-refractivity contribution in [1.82, 2.24) is 5.32 Å². The Hall–Kier alpha value is -1.39. The quantitative estimate of drug-likeness (QED) is 0.735. The Labute approximate surface area is 108 Å². The van der Waals surface area contributed by atoms with Gasteiger partial charge in [0, 0.05) is 5.56 Å². The number of carbonyl (C=O) groups is 1. The lowest BCUT2D eigenvalue weighted by Crippen LogP contribution is -2.53. The third kappa shape index (κ3) is 3.09. The van der Waals surface area contributed by atoms with Crippen molar-refractivity contribution in [3.8, 4) is 0 Å². The fourth-order valence-corrected chi connectivity index (χ4v) is 1.64. The SMILES string of the molecule is CCC(CO)(CO)NC(=O)c1ccc(C)c(C)c1. The number of aliphatic hydroxyl groups is 2. The minimum atomic E-state index is -0.949. The summed E-state index contributed by atoms with van der Waals surface area (Å²) in [6, 6.07) is 5.43. The zero-order chi connectivity index (χ0) is 13.8. The van der Waals surface area contributed by atoms with E-state index >= 15 is 0 Å². The standard InChI is InChI=1S/C14H21NO3/c1-4-14(8-16,9-17)15-13(18)12-6-5-10(2)11(3)7-12/h5-7,16-17H,4,8-9H2,1-3H3,(H,15,18). The topological polar surface area (TPSA) is 69.6 Å². The summed E-state index contributed by atoms with van der Waals surface area (Å²) in [4.78, 5) is 12.1. The lowest BCUT2D eigenvalue weighted by atomic mass is 9.97. The van der Waals surface area contributed by atoms with Crippen molar-refractivity contribution in [1.29, 1.82) is 0 Å². The highest BCUT2D eigenvalue weighted by Gasteiger charge is 2.28. The zero-order valence-electron chi connectivity index (χ0n) is 11.2. The highest BCUT2D eigenvalue weighted by atomic mass is 16.3. The number of rotatable bonds is 5. The van der Waals surface area contributed by atoms with Crippen LogP contribution in [0.2, 0.25) is 0 Å². The van der Waals surface area contributed by atoms with Gasteiger partial charge in [0.2, 0.25) is 0 Å². The Morgan fingerprint density at radius 3 is 2.28 bits per heavy atom. The highest BCUT2D eigenvalue weighted by Crippen LogP contribution is 2.13. The Kier molecular flexibility index (Phi) is 4.87. The van der Waals surface area contributed by atoms with Gasteiger partial charge in [-0.2, -0.15) is 0 Å². The number of hydrogen-bond donors (Lipinski definition) is 3. The van der Waals surface area contributed by atoms with E-state index in [9.17, 15) is 15.0 Å². The van der Waals surface area contributed by atoms with Crippen LogP contribution in [0.5, 0.6) is 0 Å². The summed E-state index contributed by atoms with van der Waals surface area (Å²) >= 11 is 0. The second-order valence-corrected chi connectivity index (χ2v) is 4.70. The van der Waals surface area contributed by atoms with Crippen LogP contribution in [-0.2, 0) is 0 Å². The normalized spacial score (nSPS) is 11.4. The molecule has 18 heavy (non-hydrogen) atoms. The number of hydrogen-bond acceptors (Lipinski definition) is 3. The number of aliphatic hydroxyl groups excluding tert-OH is 2. The minimum absolute atomic E-state index is 0.275. The molecular weight excluding hydrogens is 230 g/mol. The van der Waals surface area contributed by atoms with Crippen molar-refractivity contribution >= 4 is 5.91 Å². The van der Waals surface area contributed by atoms with E-state index in [-0.39, 0.29) is 19.1 Å². The van der Waals surface area contributed by atoms with E-state index < -0.39 is 5.54 Å². The van der Waals surface area contributed by atoms with E-state index in [0.29, 0.717) is 12.0 Å². The highest BCUT2D eigenvalue weighted by molar-refractivity contribution is 5.95. The molecule has 100 valence electrons. The smallest absolute Gasteiger partial charge is 0.251 e. The van der Waals surface area contributed by atoms with E-state index in [1.165, 1.54) is 0 Å². The predicted octanol–water partition coefficient (Wildman–Crippen LogP) is 1.17. The molecule has 0 bridgehead atoms. The van der Waals surface area contributed by atoms with Gasteiger partial charge in [0.05, 0.1) is 18.8 Å². The number of aryl methyl sites for hydroxylation is 2. The van der Waals surface area contributed by atoms with Crippen LogP contribution < -0.4 is 5.32 Å². The molecule has 4 heteroatoms. The molecule has 0 spiro atoms. The lowest BCUT2D eigenvalue weighted by Gasteiger charge is -2.29. The first-order valence-electron chi connectivity index (χ1n) is 6.09. The van der Waals surface area contributed by atoms with Gasteiger partial charge in [0.25, 0.3) is 5.91 Å². The maximum Gasteiger partial charge on any atom is 0.251 e. The Balaban J connectivity index is 2.90. The number of amides is 1. The number of benzene rings is 1. The summed E-state index contributed by atoms with van der Waals surface area (Å²) in [6.07, 6.45) is 0.469. The van der Waals surface area contributed by atoms with Gasteiger partial charge in [-0.15, -0.1) is 0 Å². The van der Waals surface area contributed by atoms with Crippen molar-refractivity contribution in [2.45, 2.75) is 32.7 Å². The van der Waals surface area contributed by atoms with Gasteiger partial charge in [-0.05, 0) is 43.5 Å². The molecule has 1 aromatic carbocycles. The maximum absolute atomic E-state index is 12.1. The second-order valence-electron chi connectivity index (χ2n) is 4.70. The molecule has 1 aromatic rings. The monoisotopic (exact) mass is 251 g/mol. The lowest BCUT2D eigenvalue weighted by molar-refractivity contribution is 0.0653. The van der Waals surface area contributed by atoms with Crippen molar-refractivity contribution in [3.05, 3.63) is 34.9 Å². The van der Waals surface area contributed by atoms with Gasteiger partial charge in [-0.1, -0.05) is 13.0 Å². The van der Waals surface area contributed by atoms with Gasteiger partial charge in [0.1, 0.15) is 0 Å². The van der Waals surface area contributed by atoms with Crippen LogP contribution in [0.4, 0.5) is 0 Å². The largest absolute Gasteiger partial charge is 0.394 e. The van der Waals surface area contributed by atoms with Crippen molar-refractivity contribution < 1.29 is 15.0 Å². The number of nitrogens with one attached hydrogen (secondary N) is 1. The molecular formula is C14H21NO3. The predicted molar refractivity (Wildman–Crippen MR) is 70.6 cm³/mol. The van der Waals surface area contributed by atoms with E-state index in [0.717, 1.165) is 11.1 Å². The first-order valence-corrected chi connectivity index (χ1v) is 6.09. The van der Waals surface area contributed by atoms with Gasteiger partial charge in [0.15, 0.2) is 0 Å². The molecule has 0 aliphatic heterocycles. The molecule has 0 saturated heterocycles. The molecule has 4 nitrogen and oxygen atoms in total. The molecule has 0 atom stereocenters. The van der Waals surface area contributed by atoms with Crippen LogP contribution >= 0.6 is 0 Å². The van der Waals surface area contributed by atoms with Crippen LogP contribution in [0.3, 0.4) is 0 Å². The van der Waals surface area contributed by atoms with E-state index in [4.69, 9.17) is 0 Å². The van der Waals surface area contributed by atoms with Crippen LogP contribution in [0.15, 0.2) is 18.2 Å². The molecule has 0 aliphatic rings. The molecule has 1 amide bonds. The average molecular weight is 251 g/mol. The Bertz CT molecular complexity index is 417. The minimum Gasteiger partial charge on any atom is -0.394 e. The third-order valence-corrected chi connectivity index (χ3v) is 3.43. The fourth-order valence-electron chi connectivity index (χ4n) is 1.64. The molecule has 1 rings (SSSR count). The first-order chi connectivity index (χ1) is 8.48. The molecule has 0 heterocycles. The summed E-state index contributed by atoms with van der Waals surface area (Å²) < 4.78 is 0. The van der Waals surface area contributed by atoms with Gasteiger partial charge in [-0.25, -0.2) is 0 Å². The van der Waals surface area contributed by atoms with Gasteiger partial charge < -0.3 is 15.5 Å². The fraction of sp³-hybridized carbons (Fsp3) is 0.500. The summed E-state index contributed by atoms with van der Waals surface area (Å²) in [6.45, 7) is 5.17. The molecule has 0 fully saturated rings. The van der Waals surface area contributed by atoms with E-state index in [1.54, 1.807) is 12.1 Å². The molecule has 0 unspecified atom stereocenters. The molecule has 0 radical (unpaired) electrons. The van der Waals surface area contributed by atoms with Crippen LogP contribution in [0.1, 0.15) is 34.8 Å². The molecule has 0 saturated carbocycles. The summed E-state index contributed by atoms with van der Waals surface area (Å²) in [5.74, 6) is -0.275. The average Bonchev–Trinajstić information content (AvgIpc) is 2.39. The van der Waals surface area contributed by atoms with Gasteiger partial charge in [-0.3, -0.25) is 4.79 Å². The molecule has 3 N–H and O–H groups in total.